The predicted molar refractivity (Wildman–Crippen MR) is 139 cm³/mol. The van der Waals surface area contributed by atoms with Crippen molar-refractivity contribution in [3.05, 3.63) is 81.7 Å². The Morgan fingerprint density at radius 3 is 2.22 bits per heavy atom. The number of amides is 1. The molecule has 0 radical (unpaired) electrons. The minimum atomic E-state index is -0.528. The summed E-state index contributed by atoms with van der Waals surface area (Å²) in [6, 6.07) is 17.2. The smallest absolute Gasteiger partial charge is 0.355 e. The van der Waals surface area contributed by atoms with Gasteiger partial charge in [0.1, 0.15) is 10.6 Å². The van der Waals surface area contributed by atoms with Gasteiger partial charge in [0.25, 0.3) is 5.91 Å². The van der Waals surface area contributed by atoms with Gasteiger partial charge in [-0.1, -0.05) is 29.8 Å². The van der Waals surface area contributed by atoms with Crippen molar-refractivity contribution in [3.63, 3.8) is 0 Å². The Hall–Kier alpha value is -4.08. The van der Waals surface area contributed by atoms with Gasteiger partial charge in [0, 0.05) is 15.6 Å². The number of rotatable bonds is 8. The first-order valence-electron chi connectivity index (χ1n) is 10.6. The minimum absolute atomic E-state index is 0.281. The molecule has 0 aliphatic rings. The van der Waals surface area contributed by atoms with Gasteiger partial charge >= 0.3 is 5.97 Å². The number of carbonyl (C=O) groups excluding carboxylic acids is 2. The van der Waals surface area contributed by atoms with E-state index in [9.17, 15) is 9.59 Å². The zero-order valence-corrected chi connectivity index (χ0v) is 21.1. The number of nitrogens with one attached hydrogen (secondary N) is 1. The molecule has 36 heavy (non-hydrogen) atoms. The molecule has 3 aromatic carbocycles. The van der Waals surface area contributed by atoms with Crippen LogP contribution in [0.1, 0.15) is 25.6 Å². The molecule has 1 amide bonds. The molecule has 0 saturated heterocycles. The quantitative estimate of drug-likeness (QED) is 0.140. The van der Waals surface area contributed by atoms with Crippen LogP contribution in [0.4, 0.5) is 0 Å². The van der Waals surface area contributed by atoms with Crippen LogP contribution < -0.4 is 24.4 Å². The molecule has 0 aliphatic heterocycles. The zero-order chi connectivity index (χ0) is 25.7. The Morgan fingerprint density at radius 2 is 1.61 bits per heavy atom. The third-order valence-electron chi connectivity index (χ3n) is 5.12. The summed E-state index contributed by atoms with van der Waals surface area (Å²) in [6.45, 7) is 0. The van der Waals surface area contributed by atoms with Crippen molar-refractivity contribution in [3.8, 4) is 23.0 Å². The Labute approximate surface area is 216 Å². The number of halogens is 1. The molecule has 4 rings (SSSR count). The molecule has 0 unspecified atom stereocenters. The molecule has 8 nitrogen and oxygen atoms in total. The number of hydrazone groups is 1. The topological polar surface area (TPSA) is 95.5 Å². The summed E-state index contributed by atoms with van der Waals surface area (Å²) in [6.07, 6.45) is 1.46. The first kappa shape index (κ1) is 25.0. The summed E-state index contributed by atoms with van der Waals surface area (Å²) in [4.78, 5) is 25.5. The maximum absolute atomic E-state index is 12.6. The van der Waals surface area contributed by atoms with Crippen LogP contribution in [0.15, 0.2) is 65.8 Å². The molecule has 10 heteroatoms. The molecule has 0 saturated carbocycles. The van der Waals surface area contributed by atoms with Gasteiger partial charge < -0.3 is 18.9 Å². The standard InChI is InChI=1S/C26H21ClN2O6S/c1-32-19-12-16(13-20(33-2)23(19)34-3)25(30)29-28-14-15-8-10-17(11-9-15)35-26(31)24-22(27)18-6-4-5-7-21(18)36-24/h4-14H,1-3H3,(H,29,30). The van der Waals surface area contributed by atoms with Crippen LogP contribution in [0.3, 0.4) is 0 Å². The fraction of sp³-hybridized carbons (Fsp3) is 0.115. The molecule has 0 bridgehead atoms. The van der Waals surface area contributed by atoms with Crippen molar-refractivity contribution in [2.24, 2.45) is 5.10 Å². The van der Waals surface area contributed by atoms with Gasteiger partial charge in [0.05, 0.1) is 32.6 Å². The van der Waals surface area contributed by atoms with Crippen LogP contribution >= 0.6 is 22.9 Å². The maximum atomic E-state index is 12.6. The Bertz CT molecular complexity index is 1420. The van der Waals surface area contributed by atoms with Crippen LogP contribution in [-0.4, -0.2) is 39.4 Å². The van der Waals surface area contributed by atoms with E-state index in [0.717, 1.165) is 10.1 Å². The van der Waals surface area contributed by atoms with Gasteiger partial charge in [-0.3, -0.25) is 4.79 Å². The van der Waals surface area contributed by atoms with E-state index in [1.54, 1.807) is 24.3 Å². The van der Waals surface area contributed by atoms with Crippen LogP contribution in [0.5, 0.6) is 23.0 Å². The summed E-state index contributed by atoms with van der Waals surface area (Å²) in [5.41, 5.74) is 3.42. The van der Waals surface area contributed by atoms with Gasteiger partial charge in [0.15, 0.2) is 11.5 Å². The highest BCUT2D eigenvalue weighted by atomic mass is 35.5. The van der Waals surface area contributed by atoms with Crippen molar-refractivity contribution in [2.75, 3.05) is 21.3 Å². The summed E-state index contributed by atoms with van der Waals surface area (Å²) in [5, 5.41) is 5.18. The number of ether oxygens (including phenoxy) is 4. The molecule has 0 atom stereocenters. The van der Waals surface area contributed by atoms with E-state index in [1.165, 1.54) is 51.0 Å². The predicted octanol–water partition coefficient (Wildman–Crippen LogP) is 5.56. The van der Waals surface area contributed by atoms with Crippen LogP contribution in [-0.2, 0) is 0 Å². The lowest BCUT2D eigenvalue weighted by Gasteiger charge is -2.13. The molecule has 1 heterocycles. The van der Waals surface area contributed by atoms with Crippen molar-refractivity contribution in [1.29, 1.82) is 0 Å². The third kappa shape index (κ3) is 5.27. The van der Waals surface area contributed by atoms with Crippen molar-refractivity contribution in [1.82, 2.24) is 5.43 Å². The Morgan fingerprint density at radius 1 is 0.944 bits per heavy atom. The SMILES string of the molecule is COc1cc(C(=O)NN=Cc2ccc(OC(=O)c3sc4ccccc4c3Cl)cc2)cc(OC)c1OC. The molecular weight excluding hydrogens is 504 g/mol. The van der Waals surface area contributed by atoms with E-state index >= 15 is 0 Å². The first-order chi connectivity index (χ1) is 17.4. The van der Waals surface area contributed by atoms with Gasteiger partial charge in [-0.15, -0.1) is 11.3 Å². The minimum Gasteiger partial charge on any atom is -0.493 e. The van der Waals surface area contributed by atoms with Crippen LogP contribution in [0, 0.1) is 0 Å². The second kappa shape index (κ2) is 11.1. The molecule has 4 aromatic rings. The van der Waals surface area contributed by atoms with Crippen molar-refractivity contribution in [2.45, 2.75) is 0 Å². The molecule has 1 N–H and O–H groups in total. The zero-order valence-electron chi connectivity index (χ0n) is 19.5. The van der Waals surface area contributed by atoms with Gasteiger partial charge in [-0.05, 0) is 48.0 Å². The average Bonchev–Trinajstić information content (AvgIpc) is 3.25. The summed E-state index contributed by atoms with van der Waals surface area (Å²) < 4.78 is 22.2. The largest absolute Gasteiger partial charge is 0.493 e. The number of thiophene rings is 1. The Balaban J connectivity index is 1.40. The van der Waals surface area contributed by atoms with E-state index in [-0.39, 0.29) is 5.56 Å². The highest BCUT2D eigenvalue weighted by Crippen LogP contribution is 2.38. The molecule has 184 valence electrons. The number of carbonyl (C=O) groups is 2. The highest BCUT2D eigenvalue weighted by Gasteiger charge is 2.19. The number of nitrogens with zero attached hydrogens (tertiary/aromatic N) is 1. The first-order valence-corrected chi connectivity index (χ1v) is 11.8. The molecule has 0 fully saturated rings. The summed E-state index contributed by atoms with van der Waals surface area (Å²) in [5.74, 6) is 0.459. The number of hydrogen-bond acceptors (Lipinski definition) is 8. The number of benzene rings is 3. The second-order valence-corrected chi connectivity index (χ2v) is 8.74. The van der Waals surface area contributed by atoms with E-state index in [1.807, 2.05) is 24.3 Å². The van der Waals surface area contributed by atoms with Crippen LogP contribution in [0.2, 0.25) is 5.02 Å². The van der Waals surface area contributed by atoms with Crippen molar-refractivity contribution < 1.29 is 28.5 Å². The number of methoxy groups -OCH3 is 3. The summed E-state index contributed by atoms with van der Waals surface area (Å²) in [7, 11) is 4.42. The summed E-state index contributed by atoms with van der Waals surface area (Å²) >= 11 is 7.64. The molecule has 1 aromatic heterocycles. The second-order valence-electron chi connectivity index (χ2n) is 7.31. The fourth-order valence-electron chi connectivity index (χ4n) is 3.36. The van der Waals surface area contributed by atoms with Gasteiger partial charge in [-0.2, -0.15) is 5.10 Å². The highest BCUT2D eigenvalue weighted by molar-refractivity contribution is 7.21. The van der Waals surface area contributed by atoms with Crippen molar-refractivity contribution >= 4 is 51.1 Å². The van der Waals surface area contributed by atoms with Gasteiger partial charge in [-0.25, -0.2) is 10.2 Å². The van der Waals surface area contributed by atoms with Crippen LogP contribution in [0.25, 0.3) is 10.1 Å². The fourth-order valence-corrected chi connectivity index (χ4v) is 4.75. The van der Waals surface area contributed by atoms with E-state index in [4.69, 9.17) is 30.5 Å². The normalized spacial score (nSPS) is 10.9. The molecular formula is C26H21ClN2O6S. The molecule has 0 aliphatic carbocycles. The van der Waals surface area contributed by atoms with E-state index < -0.39 is 11.9 Å². The van der Waals surface area contributed by atoms with E-state index in [2.05, 4.69) is 10.5 Å². The lowest BCUT2D eigenvalue weighted by molar-refractivity contribution is 0.0739. The lowest BCUT2D eigenvalue weighted by Crippen LogP contribution is -2.18. The Kier molecular flexibility index (Phi) is 7.72. The number of fused-ring (bicyclic) bond motifs is 1. The third-order valence-corrected chi connectivity index (χ3v) is 6.77. The average molecular weight is 525 g/mol. The lowest BCUT2D eigenvalue weighted by atomic mass is 10.1. The number of hydrogen-bond donors (Lipinski definition) is 1. The maximum Gasteiger partial charge on any atom is 0.355 e. The number of esters is 1. The van der Waals surface area contributed by atoms with Gasteiger partial charge in [0.2, 0.25) is 5.75 Å². The monoisotopic (exact) mass is 524 g/mol. The molecule has 0 spiro atoms. The van der Waals surface area contributed by atoms with E-state index in [0.29, 0.717) is 38.5 Å².